The quantitative estimate of drug-likeness (QED) is 0.728. The van der Waals surface area contributed by atoms with Crippen LogP contribution in [0.1, 0.15) is 16.7 Å². The van der Waals surface area contributed by atoms with Crippen molar-refractivity contribution in [1.82, 2.24) is 4.98 Å². The Hall–Kier alpha value is -1.06. The van der Waals surface area contributed by atoms with Crippen LogP contribution >= 0.6 is 11.3 Å². The van der Waals surface area contributed by atoms with Crippen LogP contribution in [-0.4, -0.2) is 10.1 Å². The van der Waals surface area contributed by atoms with E-state index in [1.807, 2.05) is 35.8 Å². The maximum absolute atomic E-state index is 9.75. The molecule has 1 unspecified atom stereocenters. The number of nitrogens with one attached hydrogen (secondary N) is 1. The predicted molar refractivity (Wildman–Crippen MR) is 49.2 cm³/mol. The lowest BCUT2D eigenvalue weighted by atomic mass is 10.2. The van der Waals surface area contributed by atoms with Crippen molar-refractivity contribution in [2.24, 2.45) is 0 Å². The number of H-pyrrole nitrogens is 1. The number of aliphatic hydroxyl groups is 1. The summed E-state index contributed by atoms with van der Waals surface area (Å²) in [4.78, 5) is 3.95. The molecule has 0 spiro atoms. The average molecular weight is 179 g/mol. The highest BCUT2D eigenvalue weighted by Crippen LogP contribution is 2.23. The van der Waals surface area contributed by atoms with E-state index in [0.717, 1.165) is 10.6 Å². The van der Waals surface area contributed by atoms with E-state index in [1.54, 1.807) is 11.3 Å². The maximum Gasteiger partial charge on any atom is 0.128 e. The summed E-state index contributed by atoms with van der Waals surface area (Å²) in [6.45, 7) is 0. The average Bonchev–Trinajstić information content (AvgIpc) is 2.77. The molecule has 62 valence electrons. The van der Waals surface area contributed by atoms with Gasteiger partial charge in [-0.25, -0.2) is 0 Å². The Morgan fingerprint density at radius 2 is 2.25 bits per heavy atom. The summed E-state index contributed by atoms with van der Waals surface area (Å²) < 4.78 is 0. The van der Waals surface area contributed by atoms with Crippen molar-refractivity contribution in [3.05, 3.63) is 46.4 Å². The Labute approximate surface area is 74.5 Å². The Balaban J connectivity index is 2.27. The molecule has 0 aliphatic rings. The second-order valence-electron chi connectivity index (χ2n) is 2.54. The van der Waals surface area contributed by atoms with Gasteiger partial charge in [0.15, 0.2) is 0 Å². The number of hydrogen-bond donors (Lipinski definition) is 2. The monoisotopic (exact) mass is 179 g/mol. The van der Waals surface area contributed by atoms with Gasteiger partial charge in [-0.2, -0.15) is 0 Å². The van der Waals surface area contributed by atoms with Crippen LogP contribution < -0.4 is 0 Å². The van der Waals surface area contributed by atoms with Crippen molar-refractivity contribution in [2.75, 3.05) is 0 Å². The Morgan fingerprint density at radius 3 is 2.83 bits per heavy atom. The zero-order chi connectivity index (χ0) is 8.39. The van der Waals surface area contributed by atoms with Crippen LogP contribution in [0.4, 0.5) is 0 Å². The lowest BCUT2D eigenvalue weighted by molar-refractivity contribution is 0.220. The van der Waals surface area contributed by atoms with Crippen LogP contribution in [0.15, 0.2) is 35.8 Å². The topological polar surface area (TPSA) is 36.0 Å². The third-order valence-corrected chi connectivity index (χ3v) is 2.65. The Morgan fingerprint density at radius 1 is 1.33 bits per heavy atom. The zero-order valence-electron chi connectivity index (χ0n) is 6.40. The Bertz CT molecular complexity index is 291. The van der Waals surface area contributed by atoms with Crippen molar-refractivity contribution in [3.63, 3.8) is 0 Å². The highest BCUT2D eigenvalue weighted by molar-refractivity contribution is 7.10. The van der Waals surface area contributed by atoms with Crippen LogP contribution in [0.25, 0.3) is 0 Å². The molecule has 0 aromatic carbocycles. The van der Waals surface area contributed by atoms with Crippen molar-refractivity contribution in [3.8, 4) is 0 Å². The third kappa shape index (κ3) is 1.29. The molecule has 3 heteroatoms. The van der Waals surface area contributed by atoms with Gasteiger partial charge >= 0.3 is 0 Å². The highest BCUT2D eigenvalue weighted by Gasteiger charge is 2.10. The maximum atomic E-state index is 9.75. The smallest absolute Gasteiger partial charge is 0.128 e. The number of rotatable bonds is 2. The SMILES string of the molecule is OC(c1ccc[nH]1)c1cccs1. The third-order valence-electron chi connectivity index (χ3n) is 1.73. The van der Waals surface area contributed by atoms with Gasteiger partial charge < -0.3 is 10.1 Å². The van der Waals surface area contributed by atoms with Crippen LogP contribution in [0.3, 0.4) is 0 Å². The summed E-state index contributed by atoms with van der Waals surface area (Å²) in [5.74, 6) is 0. The molecule has 0 amide bonds. The molecule has 2 heterocycles. The van der Waals surface area contributed by atoms with Gasteiger partial charge in [-0.05, 0) is 23.6 Å². The number of thiophene rings is 1. The highest BCUT2D eigenvalue weighted by atomic mass is 32.1. The normalized spacial score (nSPS) is 13.1. The Kier molecular flexibility index (Phi) is 1.98. The zero-order valence-corrected chi connectivity index (χ0v) is 7.21. The summed E-state index contributed by atoms with van der Waals surface area (Å²) in [5.41, 5.74) is 0.845. The molecule has 2 rings (SSSR count). The van der Waals surface area contributed by atoms with Gasteiger partial charge in [0, 0.05) is 16.8 Å². The largest absolute Gasteiger partial charge is 0.381 e. The molecule has 1 atom stereocenters. The van der Waals surface area contributed by atoms with Gasteiger partial charge in [-0.1, -0.05) is 6.07 Å². The minimum absolute atomic E-state index is 0.500. The summed E-state index contributed by atoms with van der Waals surface area (Å²) in [7, 11) is 0. The van der Waals surface area contributed by atoms with E-state index in [0.29, 0.717) is 0 Å². The minimum atomic E-state index is -0.500. The van der Waals surface area contributed by atoms with E-state index in [1.165, 1.54) is 0 Å². The van der Waals surface area contributed by atoms with Crippen LogP contribution in [0, 0.1) is 0 Å². The molecule has 2 aromatic rings. The van der Waals surface area contributed by atoms with Crippen molar-refractivity contribution in [1.29, 1.82) is 0 Å². The first-order chi connectivity index (χ1) is 5.88. The van der Waals surface area contributed by atoms with Crippen LogP contribution in [0.2, 0.25) is 0 Å². The molecular weight excluding hydrogens is 170 g/mol. The molecule has 2 nitrogen and oxygen atoms in total. The first-order valence-corrected chi connectivity index (χ1v) is 4.60. The van der Waals surface area contributed by atoms with Crippen molar-refractivity contribution < 1.29 is 5.11 Å². The molecule has 2 N–H and O–H groups in total. The first-order valence-electron chi connectivity index (χ1n) is 3.72. The van der Waals surface area contributed by atoms with E-state index in [4.69, 9.17) is 0 Å². The lowest BCUT2D eigenvalue weighted by Crippen LogP contribution is -1.96. The first kappa shape index (κ1) is 7.58. The number of aromatic nitrogens is 1. The summed E-state index contributed by atoms with van der Waals surface area (Å²) in [6, 6.07) is 7.62. The fraction of sp³-hybridized carbons (Fsp3) is 0.111. The molecule has 0 radical (unpaired) electrons. The molecule has 0 bridgehead atoms. The molecule has 2 aromatic heterocycles. The minimum Gasteiger partial charge on any atom is -0.381 e. The number of aromatic amines is 1. The van der Waals surface area contributed by atoms with Gasteiger partial charge in [0.1, 0.15) is 6.10 Å². The molecule has 0 saturated heterocycles. The number of aliphatic hydroxyl groups excluding tert-OH is 1. The van der Waals surface area contributed by atoms with E-state index >= 15 is 0 Å². The van der Waals surface area contributed by atoms with E-state index in [9.17, 15) is 5.11 Å². The van der Waals surface area contributed by atoms with Crippen molar-refractivity contribution in [2.45, 2.75) is 6.10 Å². The van der Waals surface area contributed by atoms with E-state index in [2.05, 4.69) is 4.98 Å². The van der Waals surface area contributed by atoms with Crippen LogP contribution in [0.5, 0.6) is 0 Å². The number of hydrogen-bond acceptors (Lipinski definition) is 2. The van der Waals surface area contributed by atoms with E-state index < -0.39 is 6.10 Å². The lowest BCUT2D eigenvalue weighted by Gasteiger charge is -2.04. The van der Waals surface area contributed by atoms with E-state index in [-0.39, 0.29) is 0 Å². The molecule has 0 fully saturated rings. The van der Waals surface area contributed by atoms with Gasteiger partial charge in [-0.15, -0.1) is 11.3 Å². The molecule has 0 aliphatic carbocycles. The molecular formula is C9H9NOS. The molecule has 0 saturated carbocycles. The summed E-state index contributed by atoms with van der Waals surface area (Å²) in [6.07, 6.45) is 1.31. The van der Waals surface area contributed by atoms with Crippen molar-refractivity contribution >= 4 is 11.3 Å². The van der Waals surface area contributed by atoms with Gasteiger partial charge in [-0.3, -0.25) is 0 Å². The predicted octanol–water partition coefficient (Wildman–Crippen LogP) is 2.16. The van der Waals surface area contributed by atoms with Gasteiger partial charge in [0.2, 0.25) is 0 Å². The fourth-order valence-electron chi connectivity index (χ4n) is 1.11. The second-order valence-corrected chi connectivity index (χ2v) is 3.52. The van der Waals surface area contributed by atoms with Gasteiger partial charge in [0.05, 0.1) is 0 Å². The summed E-state index contributed by atoms with van der Waals surface area (Å²) >= 11 is 1.56. The second kappa shape index (κ2) is 3.13. The fourth-order valence-corrected chi connectivity index (χ4v) is 1.84. The molecule has 0 aliphatic heterocycles. The molecule has 12 heavy (non-hydrogen) atoms. The van der Waals surface area contributed by atoms with Gasteiger partial charge in [0.25, 0.3) is 0 Å². The van der Waals surface area contributed by atoms with Crippen LogP contribution in [-0.2, 0) is 0 Å². The standard InChI is InChI=1S/C9H9NOS/c11-9(7-3-1-5-10-7)8-4-2-6-12-8/h1-6,9-11H. The summed E-state index contributed by atoms with van der Waals surface area (Å²) in [5, 5.41) is 11.7.